The third-order valence-electron chi connectivity index (χ3n) is 4.37. The fourth-order valence-corrected chi connectivity index (χ4v) is 2.94. The minimum Gasteiger partial charge on any atom is -0.479 e. The predicted octanol–water partition coefficient (Wildman–Crippen LogP) is 1.32. The number of nitrogens with zero attached hydrogens (tertiary/aromatic N) is 2. The average molecular weight is 391 g/mol. The van der Waals surface area contributed by atoms with Gasteiger partial charge in [-0.05, 0) is 39.8 Å². The molecule has 0 saturated heterocycles. The summed E-state index contributed by atoms with van der Waals surface area (Å²) in [4.78, 5) is 51.9. The molecule has 1 aliphatic rings. The number of benzene rings is 1. The Kier molecular flexibility index (Phi) is 5.79. The number of aliphatic carboxylic acids is 1. The minimum atomic E-state index is -1.92. The summed E-state index contributed by atoms with van der Waals surface area (Å²) in [6, 6.07) is 6.23. The van der Waals surface area contributed by atoms with Gasteiger partial charge in [0.2, 0.25) is 0 Å². The van der Waals surface area contributed by atoms with E-state index in [1.165, 1.54) is 19.1 Å². The molecule has 1 atom stereocenters. The van der Waals surface area contributed by atoms with Crippen molar-refractivity contribution in [3.05, 3.63) is 35.4 Å². The van der Waals surface area contributed by atoms with Gasteiger partial charge >= 0.3 is 12.1 Å². The maximum Gasteiger partial charge on any atom is 0.411 e. The van der Waals surface area contributed by atoms with E-state index in [4.69, 9.17) is 10.5 Å². The highest BCUT2D eigenvalue weighted by Crippen LogP contribution is 2.27. The Hall–Kier alpha value is -2.94. The Morgan fingerprint density at radius 2 is 1.61 bits per heavy atom. The van der Waals surface area contributed by atoms with Crippen molar-refractivity contribution in [1.29, 1.82) is 0 Å². The smallest absolute Gasteiger partial charge is 0.411 e. The number of ether oxygens (including phenoxy) is 1. The summed E-state index contributed by atoms with van der Waals surface area (Å²) in [6.45, 7) is 5.52. The molecule has 2 rings (SSSR count). The van der Waals surface area contributed by atoms with Crippen LogP contribution in [0.5, 0.6) is 0 Å². The van der Waals surface area contributed by atoms with E-state index >= 15 is 0 Å². The normalized spacial score (nSPS) is 15.8. The van der Waals surface area contributed by atoms with Crippen LogP contribution < -0.4 is 5.73 Å². The molecule has 9 nitrogen and oxygen atoms in total. The van der Waals surface area contributed by atoms with Crippen molar-refractivity contribution >= 4 is 23.9 Å². The molecule has 0 spiro atoms. The summed E-state index contributed by atoms with van der Waals surface area (Å²) in [5.74, 6) is -2.60. The van der Waals surface area contributed by atoms with Gasteiger partial charge in [0.05, 0.1) is 17.7 Å². The molecule has 0 aromatic heterocycles. The fourth-order valence-electron chi connectivity index (χ4n) is 2.94. The molecule has 1 aliphatic heterocycles. The second-order valence-corrected chi connectivity index (χ2v) is 7.74. The number of imide groups is 1. The van der Waals surface area contributed by atoms with Gasteiger partial charge in [-0.15, -0.1) is 0 Å². The molecule has 0 radical (unpaired) electrons. The number of carbonyl (C=O) groups is 4. The maximum absolute atomic E-state index is 12.7. The molecule has 28 heavy (non-hydrogen) atoms. The van der Waals surface area contributed by atoms with Crippen LogP contribution >= 0.6 is 0 Å². The first-order valence-corrected chi connectivity index (χ1v) is 8.81. The van der Waals surface area contributed by atoms with E-state index in [1.54, 1.807) is 32.9 Å². The van der Waals surface area contributed by atoms with Crippen LogP contribution in [0.25, 0.3) is 0 Å². The number of carboxylic acid groups (broad SMARTS) is 1. The van der Waals surface area contributed by atoms with Crippen LogP contribution in [0.2, 0.25) is 0 Å². The zero-order valence-corrected chi connectivity index (χ0v) is 16.4. The maximum atomic E-state index is 12.7. The van der Waals surface area contributed by atoms with E-state index in [0.29, 0.717) is 0 Å². The van der Waals surface area contributed by atoms with Gasteiger partial charge in [0.15, 0.2) is 5.54 Å². The van der Waals surface area contributed by atoms with Crippen molar-refractivity contribution in [1.82, 2.24) is 9.80 Å². The Labute approximate surface area is 163 Å². The molecule has 0 fully saturated rings. The first-order chi connectivity index (χ1) is 12.9. The molecule has 1 unspecified atom stereocenters. The number of hydrogen-bond acceptors (Lipinski definition) is 6. The Morgan fingerprint density at radius 3 is 2.00 bits per heavy atom. The van der Waals surface area contributed by atoms with Gasteiger partial charge < -0.3 is 15.6 Å². The molecule has 9 heteroatoms. The van der Waals surface area contributed by atoms with Crippen molar-refractivity contribution in [2.75, 3.05) is 19.6 Å². The summed E-state index contributed by atoms with van der Waals surface area (Å²) >= 11 is 0. The summed E-state index contributed by atoms with van der Waals surface area (Å²) < 4.78 is 5.31. The van der Waals surface area contributed by atoms with E-state index in [0.717, 1.165) is 9.80 Å². The second kappa shape index (κ2) is 7.59. The monoisotopic (exact) mass is 391 g/mol. The molecule has 1 aromatic carbocycles. The fraction of sp³-hybridized carbons (Fsp3) is 0.474. The molecular formula is C19H25N3O6. The number of hydrogen-bond donors (Lipinski definition) is 2. The Bertz CT molecular complexity index is 781. The van der Waals surface area contributed by atoms with Crippen molar-refractivity contribution in [2.45, 2.75) is 38.8 Å². The Balaban J connectivity index is 2.39. The molecular weight excluding hydrogens is 366 g/mol. The third-order valence-corrected chi connectivity index (χ3v) is 4.37. The topological polar surface area (TPSA) is 130 Å². The van der Waals surface area contributed by atoms with Gasteiger partial charge in [0, 0.05) is 13.1 Å². The van der Waals surface area contributed by atoms with Crippen molar-refractivity contribution < 1.29 is 29.0 Å². The molecule has 152 valence electrons. The molecule has 3 N–H and O–H groups in total. The number of nitrogens with two attached hydrogens (primary N) is 1. The third kappa shape index (κ3) is 3.99. The number of fused-ring (bicyclic) bond motifs is 1. The largest absolute Gasteiger partial charge is 0.479 e. The zero-order valence-electron chi connectivity index (χ0n) is 16.4. The summed E-state index contributed by atoms with van der Waals surface area (Å²) in [5, 5.41) is 9.89. The highest BCUT2D eigenvalue weighted by Gasteiger charge is 2.49. The lowest BCUT2D eigenvalue weighted by Crippen LogP contribution is -2.63. The van der Waals surface area contributed by atoms with Crippen LogP contribution in [-0.4, -0.2) is 69.6 Å². The number of carbonyl (C=O) groups excluding carboxylic acids is 3. The van der Waals surface area contributed by atoms with Gasteiger partial charge in [-0.2, -0.15) is 0 Å². The van der Waals surface area contributed by atoms with Crippen LogP contribution in [-0.2, 0) is 9.53 Å². The SMILES string of the molecule is CC(C)(C)OC(=O)N(CCN)C(C)(CN1C(=O)c2ccccc2C1=O)C(=O)O. The van der Waals surface area contributed by atoms with Crippen molar-refractivity contribution in [3.63, 3.8) is 0 Å². The first-order valence-electron chi connectivity index (χ1n) is 8.81. The molecule has 1 heterocycles. The van der Waals surface area contributed by atoms with Crippen molar-refractivity contribution in [2.24, 2.45) is 5.73 Å². The van der Waals surface area contributed by atoms with Gasteiger partial charge in [0.1, 0.15) is 5.60 Å². The summed E-state index contributed by atoms with van der Waals surface area (Å²) in [5.41, 5.74) is 3.18. The highest BCUT2D eigenvalue weighted by atomic mass is 16.6. The lowest BCUT2D eigenvalue weighted by Gasteiger charge is -2.40. The highest BCUT2D eigenvalue weighted by molar-refractivity contribution is 6.21. The van der Waals surface area contributed by atoms with Crippen LogP contribution in [0.15, 0.2) is 24.3 Å². The van der Waals surface area contributed by atoms with Gasteiger partial charge in [0.25, 0.3) is 11.8 Å². The second-order valence-electron chi connectivity index (χ2n) is 7.74. The Morgan fingerprint density at radius 1 is 1.11 bits per heavy atom. The quantitative estimate of drug-likeness (QED) is 0.699. The van der Waals surface area contributed by atoms with Gasteiger partial charge in [-0.1, -0.05) is 12.1 Å². The molecule has 0 bridgehead atoms. The van der Waals surface area contributed by atoms with E-state index < -0.39 is 41.6 Å². The summed E-state index contributed by atoms with van der Waals surface area (Å²) in [7, 11) is 0. The first kappa shape index (κ1) is 21.4. The minimum absolute atomic E-state index is 0.0236. The van der Waals surface area contributed by atoms with Gasteiger partial charge in [-0.25, -0.2) is 9.59 Å². The summed E-state index contributed by atoms with van der Waals surface area (Å²) in [6.07, 6.45) is -0.889. The van der Waals surface area contributed by atoms with E-state index in [1.807, 2.05) is 0 Å². The van der Waals surface area contributed by atoms with E-state index in [-0.39, 0.29) is 24.2 Å². The standard InChI is InChI=1S/C19H25N3O6/c1-18(2,3)28-17(27)22(10-9-20)19(4,16(25)26)11-21-14(23)12-7-5-6-8-13(12)15(21)24/h5-8H,9-11,20H2,1-4H3,(H,25,26). The van der Waals surface area contributed by atoms with Crippen LogP contribution in [0.1, 0.15) is 48.4 Å². The van der Waals surface area contributed by atoms with Crippen LogP contribution in [0.3, 0.4) is 0 Å². The zero-order chi connectivity index (χ0) is 21.3. The van der Waals surface area contributed by atoms with Crippen molar-refractivity contribution in [3.8, 4) is 0 Å². The van der Waals surface area contributed by atoms with Crippen LogP contribution in [0, 0.1) is 0 Å². The van der Waals surface area contributed by atoms with E-state index in [9.17, 15) is 24.3 Å². The molecule has 0 saturated carbocycles. The molecule has 1 aromatic rings. The van der Waals surface area contributed by atoms with Crippen LogP contribution in [0.4, 0.5) is 4.79 Å². The lowest BCUT2D eigenvalue weighted by molar-refractivity contribution is -0.150. The molecule has 3 amide bonds. The number of rotatable bonds is 6. The predicted molar refractivity (Wildman–Crippen MR) is 99.8 cm³/mol. The van der Waals surface area contributed by atoms with E-state index in [2.05, 4.69) is 0 Å². The lowest BCUT2D eigenvalue weighted by atomic mass is 9.99. The average Bonchev–Trinajstić information content (AvgIpc) is 2.83. The number of carboxylic acids is 1. The van der Waals surface area contributed by atoms with Gasteiger partial charge in [-0.3, -0.25) is 19.4 Å². The molecule has 0 aliphatic carbocycles. The number of amides is 3.